The number of thioether (sulfide) groups is 1. The first kappa shape index (κ1) is 14.3. The average Bonchev–Trinajstić information content (AvgIpc) is 2.40. The number of hydrogen-bond donors (Lipinski definition) is 1. The lowest BCUT2D eigenvalue weighted by molar-refractivity contribution is 0.340. The highest BCUT2D eigenvalue weighted by atomic mass is 32.2. The number of aliphatic imine (C=N–C) groups is 1. The second-order valence-corrected chi connectivity index (χ2v) is 6.04. The molecule has 1 aromatic rings. The number of amidine groups is 1. The summed E-state index contributed by atoms with van der Waals surface area (Å²) in [7, 11) is 0. The number of rotatable bonds is 4. The molecule has 0 amide bonds. The van der Waals surface area contributed by atoms with Crippen LogP contribution in [0.4, 0.5) is 5.69 Å². The lowest BCUT2D eigenvalue weighted by atomic mass is 9.97. The first-order valence-electron chi connectivity index (χ1n) is 6.88. The molecule has 0 saturated carbocycles. The Kier molecular flexibility index (Phi) is 4.75. The van der Waals surface area contributed by atoms with Crippen LogP contribution in [0.5, 0.6) is 5.75 Å². The molecule has 1 aliphatic heterocycles. The van der Waals surface area contributed by atoms with E-state index in [1.807, 2.05) is 31.2 Å². The van der Waals surface area contributed by atoms with Gasteiger partial charge in [0.2, 0.25) is 0 Å². The van der Waals surface area contributed by atoms with Crippen molar-refractivity contribution in [1.29, 1.82) is 0 Å². The second-order valence-electron chi connectivity index (χ2n) is 4.95. The van der Waals surface area contributed by atoms with E-state index in [1.165, 1.54) is 0 Å². The summed E-state index contributed by atoms with van der Waals surface area (Å²) in [6.45, 7) is 7.11. The van der Waals surface area contributed by atoms with Crippen LogP contribution in [0.2, 0.25) is 0 Å². The molecule has 1 aliphatic rings. The zero-order valence-corrected chi connectivity index (χ0v) is 12.7. The summed E-state index contributed by atoms with van der Waals surface area (Å²) in [4.78, 5) is 4.83. The lowest BCUT2D eigenvalue weighted by Crippen LogP contribution is -2.29. The smallest absolute Gasteiger partial charge is 0.161 e. The van der Waals surface area contributed by atoms with Gasteiger partial charge in [-0.3, -0.25) is 4.99 Å². The molecule has 0 aromatic heterocycles. The van der Waals surface area contributed by atoms with E-state index in [0.29, 0.717) is 6.61 Å². The Morgan fingerprint density at radius 1 is 1.42 bits per heavy atom. The second kappa shape index (κ2) is 6.33. The lowest BCUT2D eigenvalue weighted by Gasteiger charge is -2.29. The van der Waals surface area contributed by atoms with Gasteiger partial charge in [-0.1, -0.05) is 24.8 Å². The van der Waals surface area contributed by atoms with Crippen LogP contribution >= 0.6 is 11.8 Å². The van der Waals surface area contributed by atoms with Gasteiger partial charge in [-0.2, -0.15) is 0 Å². The zero-order chi connectivity index (χ0) is 13.7. The van der Waals surface area contributed by atoms with Crippen molar-refractivity contribution in [2.45, 2.75) is 39.2 Å². The van der Waals surface area contributed by atoms with Crippen LogP contribution in [0.1, 0.15) is 33.6 Å². The summed E-state index contributed by atoms with van der Waals surface area (Å²) >= 11 is 1.79. The Bertz CT molecular complexity index is 461. The van der Waals surface area contributed by atoms with Crippen molar-refractivity contribution in [3.05, 3.63) is 24.3 Å². The Hall–Kier alpha value is -1.16. The summed E-state index contributed by atoms with van der Waals surface area (Å²) < 4.78 is 5.51. The van der Waals surface area contributed by atoms with Gasteiger partial charge in [0, 0.05) is 17.5 Å². The van der Waals surface area contributed by atoms with Gasteiger partial charge < -0.3 is 10.1 Å². The molecule has 1 N–H and O–H groups in total. The minimum atomic E-state index is 0.0884. The Morgan fingerprint density at radius 3 is 3.00 bits per heavy atom. The average molecular weight is 278 g/mol. The van der Waals surface area contributed by atoms with E-state index in [9.17, 15) is 0 Å². The van der Waals surface area contributed by atoms with Gasteiger partial charge in [0.1, 0.15) is 5.75 Å². The molecule has 0 spiro atoms. The highest BCUT2D eigenvalue weighted by Crippen LogP contribution is 2.30. The summed E-state index contributed by atoms with van der Waals surface area (Å²) in [5.41, 5.74) is 1.13. The fourth-order valence-corrected chi connectivity index (χ4v) is 3.18. The third kappa shape index (κ3) is 3.90. The number of hydrogen-bond acceptors (Lipinski definition) is 4. The Balaban J connectivity index is 2.10. The first-order chi connectivity index (χ1) is 9.15. The van der Waals surface area contributed by atoms with Crippen LogP contribution in [0.25, 0.3) is 0 Å². The molecule has 4 heteroatoms. The standard InChI is InChI=1S/C15H22N2OS/c1-4-15(3)9-10-19-14(17-15)16-12-7-6-8-13(11-12)18-5-2/h6-8,11H,4-5,9-10H2,1-3H3,(H,16,17). The molecule has 19 heavy (non-hydrogen) atoms. The van der Waals surface area contributed by atoms with E-state index in [4.69, 9.17) is 9.73 Å². The topological polar surface area (TPSA) is 33.6 Å². The first-order valence-corrected chi connectivity index (χ1v) is 7.86. The van der Waals surface area contributed by atoms with E-state index in [1.54, 1.807) is 11.8 Å². The third-order valence-electron chi connectivity index (χ3n) is 3.41. The van der Waals surface area contributed by atoms with E-state index in [-0.39, 0.29) is 5.54 Å². The summed E-state index contributed by atoms with van der Waals surface area (Å²) in [5.74, 6) is 2.02. The molecule has 104 valence electrons. The van der Waals surface area contributed by atoms with Crippen LogP contribution in [0, 0.1) is 0 Å². The molecule has 3 nitrogen and oxygen atoms in total. The van der Waals surface area contributed by atoms with Gasteiger partial charge in [0.05, 0.1) is 12.1 Å². The number of ether oxygens (including phenoxy) is 1. The summed E-state index contributed by atoms with van der Waals surface area (Å²) in [6, 6.07) is 8.04. The summed E-state index contributed by atoms with van der Waals surface area (Å²) in [6.07, 6.45) is 2.23. The molecule has 1 atom stereocenters. The van der Waals surface area contributed by atoms with Crippen molar-refractivity contribution < 1.29 is 4.74 Å². The van der Waals surface area contributed by atoms with Crippen LogP contribution in [-0.2, 0) is 0 Å². The predicted molar refractivity (Wildman–Crippen MR) is 84.4 cm³/mol. The number of nitrogens with zero attached hydrogens (tertiary/aromatic N) is 1. The van der Waals surface area contributed by atoms with E-state index in [2.05, 4.69) is 19.2 Å². The molecule has 1 heterocycles. The highest BCUT2D eigenvalue weighted by molar-refractivity contribution is 8.14. The van der Waals surface area contributed by atoms with Gasteiger partial charge in [0.25, 0.3) is 0 Å². The molecule has 0 fully saturated rings. The zero-order valence-electron chi connectivity index (χ0n) is 11.9. The Labute approximate surface area is 119 Å². The highest BCUT2D eigenvalue weighted by Gasteiger charge is 2.25. The molecule has 0 radical (unpaired) electrons. The molecule has 0 aliphatic carbocycles. The Morgan fingerprint density at radius 2 is 2.26 bits per heavy atom. The maximum Gasteiger partial charge on any atom is 0.161 e. The summed E-state index contributed by atoms with van der Waals surface area (Å²) in [5, 5.41) is 4.42. The minimum Gasteiger partial charge on any atom is -0.494 e. The van der Waals surface area contributed by atoms with Crippen LogP contribution < -0.4 is 10.1 Å². The molecule has 0 saturated heterocycles. The van der Waals surface area contributed by atoms with Crippen molar-refractivity contribution in [2.24, 2.45) is 4.99 Å². The molecular formula is C15H22N2OS. The van der Waals surface area contributed by atoms with Crippen molar-refractivity contribution in [3.8, 4) is 5.75 Å². The number of nitrogens with one attached hydrogen (secondary N) is 1. The fourth-order valence-electron chi connectivity index (χ4n) is 1.97. The quantitative estimate of drug-likeness (QED) is 0.898. The number of anilines is 1. The normalized spacial score (nSPS) is 22.8. The van der Waals surface area contributed by atoms with E-state index < -0.39 is 0 Å². The van der Waals surface area contributed by atoms with E-state index >= 15 is 0 Å². The molecule has 1 aromatic carbocycles. The van der Waals surface area contributed by atoms with Crippen LogP contribution in [0.15, 0.2) is 29.3 Å². The molecule has 0 bridgehead atoms. The monoisotopic (exact) mass is 278 g/mol. The van der Waals surface area contributed by atoms with E-state index in [0.717, 1.165) is 35.2 Å². The van der Waals surface area contributed by atoms with Crippen LogP contribution in [-0.4, -0.2) is 23.1 Å². The van der Waals surface area contributed by atoms with Crippen molar-refractivity contribution in [3.63, 3.8) is 0 Å². The molecular weight excluding hydrogens is 256 g/mol. The van der Waals surface area contributed by atoms with Crippen molar-refractivity contribution >= 4 is 22.6 Å². The fraction of sp³-hybridized carbons (Fsp3) is 0.533. The van der Waals surface area contributed by atoms with Crippen molar-refractivity contribution in [2.75, 3.05) is 17.7 Å². The van der Waals surface area contributed by atoms with Crippen molar-refractivity contribution in [1.82, 2.24) is 0 Å². The van der Waals surface area contributed by atoms with Gasteiger partial charge in [-0.05, 0) is 38.8 Å². The minimum absolute atomic E-state index is 0.0884. The third-order valence-corrected chi connectivity index (χ3v) is 4.28. The van der Waals surface area contributed by atoms with Crippen LogP contribution in [0.3, 0.4) is 0 Å². The number of benzene rings is 1. The molecule has 1 unspecified atom stereocenters. The van der Waals surface area contributed by atoms with Gasteiger partial charge >= 0.3 is 0 Å². The maximum absolute atomic E-state index is 5.51. The van der Waals surface area contributed by atoms with Gasteiger partial charge in [0.15, 0.2) is 5.17 Å². The maximum atomic E-state index is 5.51. The van der Waals surface area contributed by atoms with Gasteiger partial charge in [-0.15, -0.1) is 0 Å². The predicted octanol–water partition coefficient (Wildman–Crippen LogP) is 4.16. The molecule has 2 rings (SSSR count). The van der Waals surface area contributed by atoms with Gasteiger partial charge in [-0.25, -0.2) is 0 Å². The SMILES string of the molecule is CCOc1cccc(NC2=NC(C)(CC)CCS2)c1. The largest absolute Gasteiger partial charge is 0.494 e.